The number of nitrogens with two attached hydrogens (primary N) is 2. The second-order valence-electron chi connectivity index (χ2n) is 9.82. The topological polar surface area (TPSA) is 283 Å². The van der Waals surface area contributed by atoms with Crippen LogP contribution in [0.2, 0.25) is 0 Å². The molecule has 0 aliphatic carbocycles. The van der Waals surface area contributed by atoms with Gasteiger partial charge in [0.2, 0.25) is 5.95 Å². The van der Waals surface area contributed by atoms with E-state index in [-0.39, 0.29) is 29.5 Å². The molecule has 2 saturated heterocycles. The predicted molar refractivity (Wildman–Crippen MR) is 157 cm³/mol. The molecule has 238 valence electrons. The van der Waals surface area contributed by atoms with E-state index in [1.165, 1.54) is 17.2 Å². The number of rotatable bonds is 10. The lowest BCUT2D eigenvalue weighted by Gasteiger charge is -2.25. The number of nitrogens with zero attached hydrogens (tertiary/aromatic N) is 7. The number of aromatic nitrogens is 8. The molecular formula is C20H26N10O10P2S2. The number of aliphatic hydroxyl groups excluding tert-OH is 1. The second-order valence-corrected chi connectivity index (χ2v) is 15.4. The number of aliphatic hydroxyl groups is 1. The molecule has 6 rings (SSSR count). The third-order valence-corrected chi connectivity index (χ3v) is 9.32. The first-order valence-corrected chi connectivity index (χ1v) is 18.1. The van der Waals surface area contributed by atoms with Crippen molar-refractivity contribution in [3.8, 4) is 0 Å². The Balaban J connectivity index is 1.17. The summed E-state index contributed by atoms with van der Waals surface area (Å²) in [6, 6.07) is 0. The molecule has 2 unspecified atom stereocenters. The highest BCUT2D eigenvalue weighted by molar-refractivity contribution is 8.44. The summed E-state index contributed by atoms with van der Waals surface area (Å²) >= 11 is 8.57. The van der Waals surface area contributed by atoms with Crippen LogP contribution in [0.25, 0.3) is 22.3 Å². The average Bonchev–Trinajstić information content (AvgIpc) is 3.73. The Morgan fingerprint density at radius 3 is 2.59 bits per heavy atom. The summed E-state index contributed by atoms with van der Waals surface area (Å²) in [4.78, 5) is 54.1. The molecule has 0 saturated carbocycles. The van der Waals surface area contributed by atoms with Crippen LogP contribution < -0.4 is 17.0 Å². The van der Waals surface area contributed by atoms with Crippen LogP contribution in [0.15, 0.2) is 23.8 Å². The molecule has 8 N–H and O–H groups in total. The van der Waals surface area contributed by atoms with Crippen LogP contribution >= 0.6 is 25.8 Å². The summed E-state index contributed by atoms with van der Waals surface area (Å²) in [6.07, 6.45) is -1.49. The first-order chi connectivity index (χ1) is 20.8. The molecule has 7 atom stereocenters. The Bertz CT molecular complexity index is 1850. The van der Waals surface area contributed by atoms with Crippen LogP contribution in [-0.2, 0) is 39.4 Å². The van der Waals surface area contributed by atoms with Crippen molar-refractivity contribution in [3.63, 3.8) is 0 Å². The van der Waals surface area contributed by atoms with E-state index in [4.69, 9.17) is 34.5 Å². The summed E-state index contributed by atoms with van der Waals surface area (Å²) in [5.74, 6) is 0.0108. The fourth-order valence-electron chi connectivity index (χ4n) is 4.95. The van der Waals surface area contributed by atoms with E-state index in [1.54, 1.807) is 10.9 Å². The number of imidazole rings is 2. The van der Waals surface area contributed by atoms with Crippen molar-refractivity contribution in [1.29, 1.82) is 0 Å². The van der Waals surface area contributed by atoms with Crippen LogP contribution in [0.5, 0.6) is 0 Å². The maximum atomic E-state index is 13.4. The zero-order chi connectivity index (χ0) is 31.4. The number of hydrogen-bond donors (Lipinski definition) is 7. The lowest BCUT2D eigenvalue weighted by molar-refractivity contribution is -0.0479. The number of nitrogen functional groups attached to an aromatic ring is 2. The average molecular weight is 693 g/mol. The number of nitrogens with one attached hydrogen (secondary N) is 1. The summed E-state index contributed by atoms with van der Waals surface area (Å²) in [6.45, 7) is -9.12. The number of anilines is 2. The smallest absolute Gasteiger partial charge is 0.386 e. The monoisotopic (exact) mass is 692 g/mol. The van der Waals surface area contributed by atoms with E-state index >= 15 is 0 Å². The molecule has 4 aromatic heterocycles. The fourth-order valence-corrected chi connectivity index (χ4v) is 6.95. The van der Waals surface area contributed by atoms with E-state index in [0.29, 0.717) is 24.0 Å². The number of thiol groups is 1. The van der Waals surface area contributed by atoms with Crippen molar-refractivity contribution in [1.82, 2.24) is 39.0 Å². The highest BCUT2D eigenvalue weighted by atomic mass is 32.7. The van der Waals surface area contributed by atoms with Gasteiger partial charge in [-0.1, -0.05) is 12.2 Å². The molecule has 0 spiro atoms. The van der Waals surface area contributed by atoms with Crippen LogP contribution in [0, 0.1) is 0 Å². The maximum absolute atomic E-state index is 13.4. The molecule has 6 heterocycles. The number of hydrogen-bond acceptors (Lipinski definition) is 16. The zero-order valence-electron chi connectivity index (χ0n) is 22.3. The normalized spacial score (nSPS) is 27.4. The Kier molecular flexibility index (Phi) is 8.54. The van der Waals surface area contributed by atoms with Gasteiger partial charge in [0.1, 0.15) is 36.4 Å². The van der Waals surface area contributed by atoms with E-state index < -0.39 is 62.6 Å². The summed E-state index contributed by atoms with van der Waals surface area (Å²) in [5, 5.41) is 11.1. The van der Waals surface area contributed by atoms with Crippen molar-refractivity contribution >= 4 is 71.7 Å². The van der Waals surface area contributed by atoms with Crippen molar-refractivity contribution in [2.45, 2.75) is 49.7 Å². The lowest BCUT2D eigenvalue weighted by Crippen LogP contribution is -2.35. The number of ether oxygens (including phenoxy) is 2. The Morgan fingerprint density at radius 2 is 1.82 bits per heavy atom. The fraction of sp³-hybridized carbons (Fsp3) is 0.500. The first-order valence-electron chi connectivity index (χ1n) is 12.8. The summed E-state index contributed by atoms with van der Waals surface area (Å²) in [5.41, 5.74) is 11.7. The van der Waals surface area contributed by atoms with Gasteiger partial charge in [0.15, 0.2) is 28.9 Å². The highest BCUT2D eigenvalue weighted by Crippen LogP contribution is 2.57. The first kappa shape index (κ1) is 31.4. The maximum Gasteiger partial charge on any atom is 0.386 e. The SMILES string of the molecule is Nc1nc2c(ncn2[C@@H]2O[C@H](COP(O)(O)=S)[C@@H](O)[C@H]2OP(=O)(S)OCC2CC[C@H](n3cnc4c(N)ncnc43)O2)c(=O)[nH]1. The van der Waals surface area contributed by atoms with Crippen LogP contribution in [-0.4, -0.2) is 91.6 Å². The van der Waals surface area contributed by atoms with Crippen molar-refractivity contribution in [2.75, 3.05) is 24.7 Å². The van der Waals surface area contributed by atoms with Gasteiger partial charge < -0.3 is 40.4 Å². The lowest BCUT2D eigenvalue weighted by atomic mass is 10.1. The van der Waals surface area contributed by atoms with Gasteiger partial charge in [0, 0.05) is 0 Å². The Morgan fingerprint density at radius 1 is 1.07 bits per heavy atom. The van der Waals surface area contributed by atoms with E-state index in [9.17, 15) is 24.3 Å². The van der Waals surface area contributed by atoms with Crippen LogP contribution in [0.3, 0.4) is 0 Å². The minimum absolute atomic E-state index is 0.0348. The molecule has 0 bridgehead atoms. The second kappa shape index (κ2) is 12.0. The number of aromatic amines is 1. The third kappa shape index (κ3) is 6.39. The van der Waals surface area contributed by atoms with Crippen LogP contribution in [0.4, 0.5) is 11.8 Å². The quantitative estimate of drug-likeness (QED) is 0.0831. The van der Waals surface area contributed by atoms with Gasteiger partial charge in [-0.25, -0.2) is 24.5 Å². The van der Waals surface area contributed by atoms with E-state index in [2.05, 4.69) is 54.0 Å². The van der Waals surface area contributed by atoms with Gasteiger partial charge in [0.25, 0.3) is 5.56 Å². The van der Waals surface area contributed by atoms with Gasteiger partial charge in [-0.15, -0.1) is 0 Å². The van der Waals surface area contributed by atoms with Gasteiger partial charge in [-0.2, -0.15) is 4.98 Å². The number of fused-ring (bicyclic) bond motifs is 2. The molecule has 0 radical (unpaired) electrons. The minimum atomic E-state index is -4.24. The van der Waals surface area contributed by atoms with Crippen molar-refractivity contribution in [3.05, 3.63) is 29.3 Å². The molecule has 20 nitrogen and oxygen atoms in total. The standard InChI is InChI=1S/C20H26N10O10P2S2/c21-15-11-16(24-5-23-15)29(6-25-11)10-2-1-8(38-10)3-37-42(35,44)40-14-13(31)9(4-36-41(33,34)43)39-19(14)30-7-26-12-17(30)27-20(22)28-18(12)32/h5-10,13-14,19,31H,1-4H2,(H,35,44)(H2,21,23,24)(H2,33,34,43)(H3,22,27,28,32)/t8?,9-,10-,13-,14-,19-,42?/m1/s1. The minimum Gasteiger partial charge on any atom is -0.387 e. The Labute approximate surface area is 256 Å². The van der Waals surface area contributed by atoms with Gasteiger partial charge in [0.05, 0.1) is 32.0 Å². The van der Waals surface area contributed by atoms with Gasteiger partial charge in [-0.3, -0.25) is 28.0 Å². The van der Waals surface area contributed by atoms with E-state index in [1.807, 2.05) is 0 Å². The van der Waals surface area contributed by atoms with Gasteiger partial charge >= 0.3 is 13.5 Å². The van der Waals surface area contributed by atoms with Crippen molar-refractivity contribution < 1.29 is 42.5 Å². The number of H-pyrrole nitrogens is 1. The summed E-state index contributed by atoms with van der Waals surface area (Å²) in [7, 11) is 0. The third-order valence-electron chi connectivity index (χ3n) is 6.91. The molecule has 0 aromatic carbocycles. The molecule has 44 heavy (non-hydrogen) atoms. The van der Waals surface area contributed by atoms with E-state index in [0.717, 1.165) is 0 Å². The zero-order valence-corrected chi connectivity index (χ0v) is 25.8. The summed E-state index contributed by atoms with van der Waals surface area (Å²) < 4.78 is 44.3. The molecule has 24 heteroatoms. The predicted octanol–water partition coefficient (Wildman–Crippen LogP) is -0.275. The molecular weight excluding hydrogens is 666 g/mol. The largest absolute Gasteiger partial charge is 0.387 e. The van der Waals surface area contributed by atoms with Crippen molar-refractivity contribution in [2.24, 2.45) is 0 Å². The molecule has 2 fully saturated rings. The molecule has 0 amide bonds. The Hall–Kier alpha value is -2.59. The molecule has 2 aliphatic rings. The van der Waals surface area contributed by atoms with Gasteiger partial charge in [-0.05, 0) is 24.6 Å². The van der Waals surface area contributed by atoms with Crippen LogP contribution in [0.1, 0.15) is 25.3 Å². The molecule has 4 aromatic rings. The highest BCUT2D eigenvalue weighted by Gasteiger charge is 2.49. The molecule has 2 aliphatic heterocycles.